The number of nitrogens with zero attached hydrogens (tertiary/aromatic N) is 2. The summed E-state index contributed by atoms with van der Waals surface area (Å²) in [6.07, 6.45) is 5.50. The van der Waals surface area contributed by atoms with Gasteiger partial charge in [0.25, 0.3) is 0 Å². The number of nitrogens with one attached hydrogen (secondary N) is 1. The van der Waals surface area contributed by atoms with Crippen LogP contribution in [0.5, 0.6) is 0 Å². The summed E-state index contributed by atoms with van der Waals surface area (Å²) in [5, 5.41) is 8.08. The summed E-state index contributed by atoms with van der Waals surface area (Å²) in [5.74, 6) is 0.726. The molecule has 1 N–H and O–H groups in total. The summed E-state index contributed by atoms with van der Waals surface area (Å²) in [6, 6.07) is 0.903. The molecule has 0 amide bonds. The van der Waals surface area contributed by atoms with Gasteiger partial charge in [-0.05, 0) is 25.5 Å². The normalized spacial score (nSPS) is 18.4. The highest BCUT2D eigenvalue weighted by Gasteiger charge is 2.27. The maximum atomic E-state index is 5.19. The van der Waals surface area contributed by atoms with E-state index in [1.54, 1.807) is 0 Å². The SMILES string of the molecule is CCC(NC1CC1)c1nc(SC)no1. The molecule has 2 rings (SSSR count). The van der Waals surface area contributed by atoms with Crippen LogP contribution < -0.4 is 5.32 Å². The first-order chi connectivity index (χ1) is 6.83. The van der Waals surface area contributed by atoms with Gasteiger partial charge in [-0.1, -0.05) is 23.8 Å². The van der Waals surface area contributed by atoms with Crippen LogP contribution in [-0.4, -0.2) is 22.4 Å². The van der Waals surface area contributed by atoms with E-state index >= 15 is 0 Å². The average molecular weight is 213 g/mol. The lowest BCUT2D eigenvalue weighted by molar-refractivity contribution is 0.319. The number of thioether (sulfide) groups is 1. The first-order valence-corrected chi connectivity index (χ1v) is 6.19. The monoisotopic (exact) mass is 213 g/mol. The minimum Gasteiger partial charge on any atom is -0.337 e. The molecule has 0 aliphatic heterocycles. The van der Waals surface area contributed by atoms with Crippen LogP contribution in [0.3, 0.4) is 0 Å². The van der Waals surface area contributed by atoms with Gasteiger partial charge in [-0.15, -0.1) is 0 Å². The Morgan fingerprint density at radius 2 is 2.43 bits per heavy atom. The van der Waals surface area contributed by atoms with Gasteiger partial charge in [-0.2, -0.15) is 4.98 Å². The van der Waals surface area contributed by atoms with Crippen molar-refractivity contribution in [3.63, 3.8) is 0 Å². The molecule has 0 bridgehead atoms. The van der Waals surface area contributed by atoms with E-state index in [0.717, 1.165) is 17.5 Å². The van der Waals surface area contributed by atoms with Crippen molar-refractivity contribution >= 4 is 11.8 Å². The lowest BCUT2D eigenvalue weighted by Gasteiger charge is -2.10. The summed E-state index contributed by atoms with van der Waals surface area (Å²) in [6.45, 7) is 2.13. The van der Waals surface area contributed by atoms with Crippen molar-refractivity contribution in [2.24, 2.45) is 0 Å². The second-order valence-corrected chi connectivity index (χ2v) is 4.29. The summed E-state index contributed by atoms with van der Waals surface area (Å²) in [5.41, 5.74) is 0. The lowest BCUT2D eigenvalue weighted by atomic mass is 10.2. The van der Waals surface area contributed by atoms with Crippen LogP contribution in [0.25, 0.3) is 0 Å². The third-order valence-corrected chi connectivity index (χ3v) is 2.86. The highest BCUT2D eigenvalue weighted by Crippen LogP contribution is 2.25. The second kappa shape index (κ2) is 4.31. The zero-order valence-corrected chi connectivity index (χ0v) is 9.30. The summed E-state index contributed by atoms with van der Waals surface area (Å²) in [7, 11) is 0. The van der Waals surface area contributed by atoms with Crippen LogP contribution in [0.4, 0.5) is 0 Å². The van der Waals surface area contributed by atoms with Crippen LogP contribution in [0.2, 0.25) is 0 Å². The molecule has 1 unspecified atom stereocenters. The molecule has 1 atom stereocenters. The Hall–Kier alpha value is -0.550. The zero-order chi connectivity index (χ0) is 9.97. The van der Waals surface area contributed by atoms with E-state index in [0.29, 0.717) is 6.04 Å². The molecule has 1 fully saturated rings. The van der Waals surface area contributed by atoms with Gasteiger partial charge in [0.2, 0.25) is 11.0 Å². The van der Waals surface area contributed by atoms with Crippen molar-refractivity contribution in [2.75, 3.05) is 6.26 Å². The van der Waals surface area contributed by atoms with E-state index < -0.39 is 0 Å². The van der Waals surface area contributed by atoms with E-state index in [9.17, 15) is 0 Å². The van der Waals surface area contributed by atoms with E-state index in [1.165, 1.54) is 24.6 Å². The molecule has 0 aromatic carbocycles. The van der Waals surface area contributed by atoms with Crippen molar-refractivity contribution in [3.8, 4) is 0 Å². The maximum absolute atomic E-state index is 5.19. The van der Waals surface area contributed by atoms with Gasteiger partial charge in [0, 0.05) is 6.04 Å². The molecular weight excluding hydrogens is 198 g/mol. The van der Waals surface area contributed by atoms with Crippen molar-refractivity contribution < 1.29 is 4.52 Å². The third-order valence-electron chi connectivity index (χ3n) is 2.33. The van der Waals surface area contributed by atoms with Crippen LogP contribution in [0.1, 0.15) is 38.1 Å². The van der Waals surface area contributed by atoms with Crippen molar-refractivity contribution in [2.45, 2.75) is 43.4 Å². The Morgan fingerprint density at radius 1 is 1.64 bits per heavy atom. The van der Waals surface area contributed by atoms with E-state index in [2.05, 4.69) is 22.4 Å². The molecule has 4 nitrogen and oxygen atoms in total. The maximum Gasteiger partial charge on any atom is 0.244 e. The smallest absolute Gasteiger partial charge is 0.244 e. The molecule has 1 saturated carbocycles. The topological polar surface area (TPSA) is 51.0 Å². The molecule has 0 radical (unpaired) electrons. The molecule has 0 saturated heterocycles. The number of hydrogen-bond acceptors (Lipinski definition) is 5. The largest absolute Gasteiger partial charge is 0.337 e. The lowest BCUT2D eigenvalue weighted by Crippen LogP contribution is -2.23. The predicted molar refractivity (Wildman–Crippen MR) is 55.3 cm³/mol. The highest BCUT2D eigenvalue weighted by atomic mass is 32.2. The molecule has 1 heterocycles. The molecule has 14 heavy (non-hydrogen) atoms. The fraction of sp³-hybridized carbons (Fsp3) is 0.778. The third kappa shape index (κ3) is 2.27. The Bertz CT molecular complexity index is 298. The Kier molecular flexibility index (Phi) is 3.08. The summed E-state index contributed by atoms with van der Waals surface area (Å²) in [4.78, 5) is 4.30. The number of hydrogen-bond donors (Lipinski definition) is 1. The fourth-order valence-corrected chi connectivity index (χ4v) is 1.64. The molecule has 1 aliphatic carbocycles. The van der Waals surface area contributed by atoms with E-state index in [-0.39, 0.29) is 6.04 Å². The second-order valence-electron chi connectivity index (χ2n) is 3.52. The molecule has 1 aliphatic rings. The average Bonchev–Trinajstić information content (AvgIpc) is 2.90. The zero-order valence-electron chi connectivity index (χ0n) is 8.49. The van der Waals surface area contributed by atoms with Crippen molar-refractivity contribution in [1.82, 2.24) is 15.5 Å². The Morgan fingerprint density at radius 3 is 2.93 bits per heavy atom. The van der Waals surface area contributed by atoms with Gasteiger partial charge >= 0.3 is 0 Å². The van der Waals surface area contributed by atoms with Crippen molar-refractivity contribution in [3.05, 3.63) is 5.89 Å². The van der Waals surface area contributed by atoms with Gasteiger partial charge in [0.15, 0.2) is 0 Å². The molecular formula is C9H15N3OS. The van der Waals surface area contributed by atoms with Crippen molar-refractivity contribution in [1.29, 1.82) is 0 Å². The predicted octanol–water partition coefficient (Wildman–Crippen LogP) is 1.99. The van der Waals surface area contributed by atoms with E-state index in [4.69, 9.17) is 4.52 Å². The van der Waals surface area contributed by atoms with Crippen LogP contribution >= 0.6 is 11.8 Å². The summed E-state index contributed by atoms with van der Waals surface area (Å²) < 4.78 is 5.19. The molecule has 1 aromatic rings. The van der Waals surface area contributed by atoms with Gasteiger partial charge in [0.1, 0.15) is 0 Å². The van der Waals surface area contributed by atoms with Gasteiger partial charge < -0.3 is 9.84 Å². The van der Waals surface area contributed by atoms with E-state index in [1.807, 2.05) is 6.26 Å². The van der Waals surface area contributed by atoms with Crippen LogP contribution in [0.15, 0.2) is 9.68 Å². The first kappa shape index (κ1) is 9.98. The minimum absolute atomic E-state index is 0.232. The number of aromatic nitrogens is 2. The standard InChI is InChI=1S/C9H15N3OS/c1-3-7(10-6-4-5-6)8-11-9(14-2)12-13-8/h6-7,10H,3-5H2,1-2H3. The quantitative estimate of drug-likeness (QED) is 0.758. The number of rotatable bonds is 5. The molecule has 5 heteroatoms. The summed E-state index contributed by atoms with van der Waals surface area (Å²) >= 11 is 1.51. The minimum atomic E-state index is 0.232. The molecule has 1 aromatic heterocycles. The fourth-order valence-electron chi connectivity index (χ4n) is 1.34. The Balaban J connectivity index is 2.01. The van der Waals surface area contributed by atoms with Gasteiger partial charge in [-0.3, -0.25) is 0 Å². The molecule has 78 valence electrons. The van der Waals surface area contributed by atoms with Gasteiger partial charge in [0.05, 0.1) is 6.04 Å². The Labute approximate surface area is 87.8 Å². The molecule has 0 spiro atoms. The van der Waals surface area contributed by atoms with Crippen LogP contribution in [0, 0.1) is 0 Å². The van der Waals surface area contributed by atoms with Gasteiger partial charge in [-0.25, -0.2) is 0 Å². The first-order valence-electron chi connectivity index (χ1n) is 4.97. The highest BCUT2D eigenvalue weighted by molar-refractivity contribution is 7.98. The van der Waals surface area contributed by atoms with Crippen LogP contribution in [-0.2, 0) is 0 Å².